The van der Waals surface area contributed by atoms with Gasteiger partial charge in [0.15, 0.2) is 0 Å². The number of rotatable bonds is 3. The van der Waals surface area contributed by atoms with Gasteiger partial charge < -0.3 is 20.5 Å². The zero-order chi connectivity index (χ0) is 14.2. The molecule has 0 fully saturated rings. The SMILES string of the molecule is COc1ccc2[nH]c3c(c2c1)CCNC3CC1=NNNN1.Cl.O. The molecule has 0 spiro atoms. The van der Waals surface area contributed by atoms with Crippen molar-refractivity contribution in [1.29, 1.82) is 0 Å². The third kappa shape index (κ3) is 3.06. The lowest BCUT2D eigenvalue weighted by atomic mass is 9.97. The first-order valence-corrected chi connectivity index (χ1v) is 7.09. The first-order chi connectivity index (χ1) is 10.3. The van der Waals surface area contributed by atoms with Gasteiger partial charge in [-0.25, -0.2) is 5.53 Å². The van der Waals surface area contributed by atoms with E-state index in [-0.39, 0.29) is 23.9 Å². The maximum Gasteiger partial charge on any atom is 0.141 e. The third-order valence-electron chi connectivity index (χ3n) is 4.11. The quantitative estimate of drug-likeness (QED) is 0.550. The average molecular weight is 341 g/mol. The van der Waals surface area contributed by atoms with Crippen molar-refractivity contribution in [2.75, 3.05) is 13.7 Å². The van der Waals surface area contributed by atoms with Gasteiger partial charge in [0.2, 0.25) is 0 Å². The number of nitrogens with one attached hydrogen (secondary N) is 5. The van der Waals surface area contributed by atoms with Gasteiger partial charge in [0.05, 0.1) is 13.2 Å². The van der Waals surface area contributed by atoms with E-state index in [2.05, 4.69) is 44.0 Å². The van der Waals surface area contributed by atoms with Gasteiger partial charge >= 0.3 is 0 Å². The predicted molar refractivity (Wildman–Crippen MR) is 91.6 cm³/mol. The van der Waals surface area contributed by atoms with Crippen molar-refractivity contribution in [3.63, 3.8) is 0 Å². The van der Waals surface area contributed by atoms with Crippen molar-refractivity contribution in [1.82, 2.24) is 26.8 Å². The second-order valence-corrected chi connectivity index (χ2v) is 5.31. The normalized spacial score (nSPS) is 18.8. The van der Waals surface area contributed by atoms with Crippen LogP contribution in [0.4, 0.5) is 0 Å². The Balaban J connectivity index is 0.000000960. The van der Waals surface area contributed by atoms with Crippen LogP contribution >= 0.6 is 12.4 Å². The van der Waals surface area contributed by atoms with Crippen LogP contribution in [0.1, 0.15) is 23.7 Å². The van der Waals surface area contributed by atoms with E-state index in [1.165, 1.54) is 16.6 Å². The largest absolute Gasteiger partial charge is 0.497 e. The Bertz CT molecular complexity index is 717. The summed E-state index contributed by atoms with van der Waals surface area (Å²) in [5.41, 5.74) is 12.3. The molecule has 2 aliphatic heterocycles. The van der Waals surface area contributed by atoms with E-state index >= 15 is 0 Å². The molecule has 2 aromatic rings. The number of benzene rings is 1. The van der Waals surface area contributed by atoms with Crippen LogP contribution in [0.5, 0.6) is 5.75 Å². The molecule has 1 atom stereocenters. The van der Waals surface area contributed by atoms with Crippen molar-refractivity contribution in [2.45, 2.75) is 18.9 Å². The van der Waals surface area contributed by atoms with Gasteiger partial charge in [0.25, 0.3) is 0 Å². The summed E-state index contributed by atoms with van der Waals surface area (Å²) in [5.74, 6) is 1.80. The molecule has 0 saturated heterocycles. The minimum atomic E-state index is 0. The monoisotopic (exact) mass is 340 g/mol. The van der Waals surface area contributed by atoms with Crippen molar-refractivity contribution in [2.24, 2.45) is 5.10 Å². The number of aromatic amines is 1. The fraction of sp³-hybridized carbons (Fsp3) is 0.357. The number of H-pyrrole nitrogens is 1. The topological polar surface area (TPSA) is 117 Å². The van der Waals surface area contributed by atoms with E-state index in [0.717, 1.165) is 36.5 Å². The predicted octanol–water partition coefficient (Wildman–Crippen LogP) is 0.276. The van der Waals surface area contributed by atoms with Crippen LogP contribution < -0.4 is 26.5 Å². The number of methoxy groups -OCH3 is 1. The molecule has 8 nitrogen and oxygen atoms in total. The first kappa shape index (κ1) is 17.4. The Morgan fingerprint density at radius 3 is 2.96 bits per heavy atom. The lowest BCUT2D eigenvalue weighted by Crippen LogP contribution is -2.38. The van der Waals surface area contributed by atoms with Crippen molar-refractivity contribution >= 4 is 29.1 Å². The number of hydrazone groups is 1. The number of halogens is 1. The molecule has 1 aromatic heterocycles. The molecular formula is C14H21ClN6O2. The standard InChI is InChI=1S/C14H18N6O.ClH.H2O/c1-21-8-2-3-11-10(6-8)9-4-5-15-12(14(9)16-11)7-13-17-19-20-18-13;;/h2-3,6,12,15-16,19-20H,4-5,7H2,1H3,(H,17,18);1H;1H2. The van der Waals surface area contributed by atoms with E-state index in [1.807, 2.05) is 6.07 Å². The van der Waals surface area contributed by atoms with Crippen LogP contribution in [0.15, 0.2) is 23.3 Å². The first-order valence-electron chi connectivity index (χ1n) is 7.09. The highest BCUT2D eigenvalue weighted by molar-refractivity contribution is 5.88. The van der Waals surface area contributed by atoms with Gasteiger partial charge in [0, 0.05) is 23.0 Å². The lowest BCUT2D eigenvalue weighted by molar-refractivity contribution is 0.415. The second-order valence-electron chi connectivity index (χ2n) is 5.31. The number of hydrogen-bond acceptors (Lipinski definition) is 6. The van der Waals surface area contributed by atoms with Gasteiger partial charge in [-0.3, -0.25) is 5.43 Å². The molecule has 4 rings (SSSR count). The van der Waals surface area contributed by atoms with E-state index in [9.17, 15) is 0 Å². The summed E-state index contributed by atoms with van der Waals surface area (Å²) in [6.07, 6.45) is 1.83. The average Bonchev–Trinajstić information content (AvgIpc) is 3.14. The summed E-state index contributed by atoms with van der Waals surface area (Å²) >= 11 is 0. The Hall–Kier alpha value is -2.00. The molecule has 1 aromatic carbocycles. The minimum Gasteiger partial charge on any atom is -0.497 e. The molecule has 23 heavy (non-hydrogen) atoms. The highest BCUT2D eigenvalue weighted by Crippen LogP contribution is 2.33. The summed E-state index contributed by atoms with van der Waals surface area (Å²) in [4.78, 5) is 3.55. The van der Waals surface area contributed by atoms with Gasteiger partial charge in [-0.05, 0) is 36.7 Å². The molecule has 9 heteroatoms. The molecule has 126 valence electrons. The van der Waals surface area contributed by atoms with Crippen molar-refractivity contribution in [3.8, 4) is 5.75 Å². The fourth-order valence-electron chi connectivity index (χ4n) is 3.10. The maximum absolute atomic E-state index is 5.34. The second kappa shape index (κ2) is 7.05. The van der Waals surface area contributed by atoms with E-state index < -0.39 is 0 Å². The van der Waals surface area contributed by atoms with E-state index in [1.54, 1.807) is 7.11 Å². The van der Waals surface area contributed by atoms with E-state index in [0.29, 0.717) is 0 Å². The maximum atomic E-state index is 5.34. The Kier molecular flexibility index (Phi) is 5.32. The number of hydrazine groups is 2. The summed E-state index contributed by atoms with van der Waals surface area (Å²) in [6.45, 7) is 0.968. The molecule has 2 aliphatic rings. The Morgan fingerprint density at radius 1 is 1.35 bits per heavy atom. The molecule has 1 unspecified atom stereocenters. The summed E-state index contributed by atoms with van der Waals surface area (Å²) < 4.78 is 5.34. The number of hydrogen-bond donors (Lipinski definition) is 5. The van der Waals surface area contributed by atoms with Crippen molar-refractivity contribution < 1.29 is 10.2 Å². The third-order valence-corrected chi connectivity index (χ3v) is 4.11. The smallest absolute Gasteiger partial charge is 0.141 e. The van der Waals surface area contributed by atoms with Gasteiger partial charge in [0.1, 0.15) is 11.6 Å². The van der Waals surface area contributed by atoms with Gasteiger partial charge in [-0.1, -0.05) is 0 Å². The van der Waals surface area contributed by atoms with Gasteiger partial charge in [-0.15, -0.1) is 23.0 Å². The van der Waals surface area contributed by atoms with Crippen LogP contribution in [0.2, 0.25) is 0 Å². The molecular weight excluding hydrogens is 320 g/mol. The van der Waals surface area contributed by atoms with Crippen LogP contribution in [-0.2, 0) is 6.42 Å². The van der Waals surface area contributed by atoms with E-state index in [4.69, 9.17) is 4.74 Å². The zero-order valence-electron chi connectivity index (χ0n) is 12.7. The molecule has 0 aliphatic carbocycles. The lowest BCUT2D eigenvalue weighted by Gasteiger charge is -2.24. The number of ether oxygens (including phenoxy) is 1. The Morgan fingerprint density at radius 2 is 2.22 bits per heavy atom. The number of amidine groups is 1. The number of nitrogens with zero attached hydrogens (tertiary/aromatic N) is 1. The molecule has 0 bridgehead atoms. The van der Waals surface area contributed by atoms with Crippen LogP contribution in [0, 0.1) is 0 Å². The van der Waals surface area contributed by atoms with Gasteiger partial charge in [-0.2, -0.15) is 0 Å². The highest BCUT2D eigenvalue weighted by atomic mass is 35.5. The molecule has 3 heterocycles. The van der Waals surface area contributed by atoms with Crippen LogP contribution in [0.25, 0.3) is 10.9 Å². The minimum absolute atomic E-state index is 0. The molecule has 0 amide bonds. The van der Waals surface area contributed by atoms with Crippen LogP contribution in [-0.4, -0.2) is 30.0 Å². The summed E-state index contributed by atoms with van der Waals surface area (Å²) in [7, 11) is 1.70. The summed E-state index contributed by atoms with van der Waals surface area (Å²) in [6, 6.07) is 6.42. The molecule has 0 radical (unpaired) electrons. The molecule has 0 saturated carbocycles. The Labute approximate surface area is 139 Å². The summed E-state index contributed by atoms with van der Waals surface area (Å²) in [5, 5.41) is 8.97. The molecule has 7 N–H and O–H groups in total. The highest BCUT2D eigenvalue weighted by Gasteiger charge is 2.26. The van der Waals surface area contributed by atoms with Crippen LogP contribution in [0.3, 0.4) is 0 Å². The number of fused-ring (bicyclic) bond motifs is 3. The fourth-order valence-corrected chi connectivity index (χ4v) is 3.10. The number of aromatic nitrogens is 1. The van der Waals surface area contributed by atoms with Crippen molar-refractivity contribution in [3.05, 3.63) is 29.5 Å². The zero-order valence-corrected chi connectivity index (χ0v) is 13.5.